The van der Waals surface area contributed by atoms with Gasteiger partial charge in [0.1, 0.15) is 11.5 Å². The Morgan fingerprint density at radius 2 is 1.58 bits per heavy atom. The number of para-hydroxylation sites is 1. The Kier molecular flexibility index (Phi) is 5.06. The van der Waals surface area contributed by atoms with Crippen LogP contribution >= 0.6 is 0 Å². The van der Waals surface area contributed by atoms with Crippen LogP contribution in [0.1, 0.15) is 27.4 Å². The second kappa shape index (κ2) is 7.71. The molecule has 0 radical (unpaired) electrons. The number of hydrogen-bond donors (Lipinski definition) is 1. The second-order valence-corrected chi connectivity index (χ2v) is 7.32. The van der Waals surface area contributed by atoms with Gasteiger partial charge in [-0.3, -0.25) is 14.3 Å². The Morgan fingerprint density at radius 3 is 2.23 bits per heavy atom. The first kappa shape index (κ1) is 20.3. The molecule has 0 aliphatic rings. The molecule has 0 saturated carbocycles. The van der Waals surface area contributed by atoms with Gasteiger partial charge in [-0.1, -0.05) is 18.2 Å². The predicted octanol–water partition coefficient (Wildman–Crippen LogP) is 3.68. The van der Waals surface area contributed by atoms with Gasteiger partial charge < -0.3 is 5.32 Å². The van der Waals surface area contributed by atoms with Crippen LogP contribution in [0.25, 0.3) is 11.4 Å². The lowest BCUT2D eigenvalue weighted by atomic mass is 10.1. The van der Waals surface area contributed by atoms with Crippen molar-refractivity contribution in [3.05, 3.63) is 93.4 Å². The van der Waals surface area contributed by atoms with Crippen molar-refractivity contribution in [3.63, 3.8) is 0 Å². The molecule has 8 heteroatoms. The number of rotatable bonds is 4. The van der Waals surface area contributed by atoms with Crippen molar-refractivity contribution in [1.29, 1.82) is 0 Å². The fourth-order valence-electron chi connectivity index (χ4n) is 3.69. The molecule has 4 aromatic rings. The molecule has 158 valence electrons. The molecule has 0 aliphatic carbocycles. The molecule has 2 heterocycles. The van der Waals surface area contributed by atoms with E-state index in [-0.39, 0.29) is 17.1 Å². The van der Waals surface area contributed by atoms with Crippen LogP contribution in [0.5, 0.6) is 0 Å². The first-order valence-electron chi connectivity index (χ1n) is 9.77. The van der Waals surface area contributed by atoms with E-state index in [4.69, 9.17) is 0 Å². The van der Waals surface area contributed by atoms with Gasteiger partial charge in [0.2, 0.25) is 0 Å². The van der Waals surface area contributed by atoms with Crippen molar-refractivity contribution in [2.75, 3.05) is 5.32 Å². The first-order valence-corrected chi connectivity index (χ1v) is 9.77. The van der Waals surface area contributed by atoms with Gasteiger partial charge >= 0.3 is 0 Å². The molecule has 0 spiro atoms. The average Bonchev–Trinajstić information content (AvgIpc) is 3.16. The third kappa shape index (κ3) is 3.46. The molecule has 0 atom stereocenters. The Bertz CT molecular complexity index is 1330. The van der Waals surface area contributed by atoms with E-state index in [2.05, 4.69) is 10.4 Å². The number of benzene rings is 2. The second-order valence-electron chi connectivity index (χ2n) is 7.32. The van der Waals surface area contributed by atoms with Gasteiger partial charge in [0.25, 0.3) is 11.5 Å². The molecule has 0 aliphatic heterocycles. The number of hydrogen-bond acceptors (Lipinski definition) is 3. The minimum absolute atomic E-state index is 0.213. The fourth-order valence-corrected chi connectivity index (χ4v) is 3.69. The van der Waals surface area contributed by atoms with Gasteiger partial charge in [-0.25, -0.2) is 13.8 Å². The van der Waals surface area contributed by atoms with Gasteiger partial charge in [0.15, 0.2) is 0 Å². The summed E-state index contributed by atoms with van der Waals surface area (Å²) in [6.45, 7) is 5.26. The normalized spacial score (nSPS) is 11.0. The molecule has 0 unspecified atom stereocenters. The summed E-state index contributed by atoms with van der Waals surface area (Å²) >= 11 is 0. The largest absolute Gasteiger partial charge is 0.316 e. The molecule has 31 heavy (non-hydrogen) atoms. The Balaban J connectivity index is 1.72. The zero-order chi connectivity index (χ0) is 22.3. The molecule has 2 aromatic carbocycles. The van der Waals surface area contributed by atoms with Crippen molar-refractivity contribution in [1.82, 2.24) is 19.1 Å². The summed E-state index contributed by atoms with van der Waals surface area (Å²) in [6.07, 6.45) is 0. The summed E-state index contributed by atoms with van der Waals surface area (Å²) in [5.41, 5.74) is 3.35. The van der Waals surface area contributed by atoms with Crippen molar-refractivity contribution < 1.29 is 9.18 Å². The number of aryl methyl sites for hydroxylation is 1. The van der Waals surface area contributed by atoms with Gasteiger partial charge in [0, 0.05) is 7.05 Å². The van der Waals surface area contributed by atoms with Crippen molar-refractivity contribution in [2.45, 2.75) is 20.8 Å². The zero-order valence-corrected chi connectivity index (χ0v) is 17.7. The van der Waals surface area contributed by atoms with E-state index in [0.717, 1.165) is 0 Å². The van der Waals surface area contributed by atoms with Gasteiger partial charge in [0.05, 0.1) is 34.0 Å². The highest BCUT2D eigenvalue weighted by atomic mass is 19.1. The number of halogens is 1. The molecule has 7 nitrogen and oxygen atoms in total. The van der Waals surface area contributed by atoms with Crippen LogP contribution in [0.15, 0.2) is 59.4 Å². The minimum atomic E-state index is -0.422. The molecular weight excluding hydrogens is 397 g/mol. The zero-order valence-electron chi connectivity index (χ0n) is 17.7. The Morgan fingerprint density at radius 1 is 0.935 bits per heavy atom. The summed E-state index contributed by atoms with van der Waals surface area (Å²) in [5.74, 6) is -0.771. The number of aromatic nitrogens is 4. The van der Waals surface area contributed by atoms with E-state index >= 15 is 0 Å². The van der Waals surface area contributed by atoms with Gasteiger partial charge in [-0.05, 0) is 57.2 Å². The van der Waals surface area contributed by atoms with E-state index in [1.807, 2.05) is 30.3 Å². The highest BCUT2D eigenvalue weighted by Crippen LogP contribution is 2.21. The monoisotopic (exact) mass is 419 g/mol. The molecule has 2 aromatic heterocycles. The van der Waals surface area contributed by atoms with Crippen LogP contribution < -0.4 is 10.9 Å². The standard InChI is InChI=1S/C23H22FN5O2/c1-14-20(15(2)28(26-14)18-12-10-17(24)11-13-18)22(30)25-21-16(3)27(4)29(23(21)31)19-8-6-5-7-9-19/h5-13H,1-4H3,(H,25,30). The van der Waals surface area contributed by atoms with Crippen LogP contribution in [0, 0.1) is 26.6 Å². The average molecular weight is 419 g/mol. The molecule has 1 N–H and O–H groups in total. The van der Waals surface area contributed by atoms with Crippen LogP contribution in [-0.4, -0.2) is 25.1 Å². The Labute approximate surface area is 178 Å². The molecule has 1 amide bonds. The highest BCUT2D eigenvalue weighted by Gasteiger charge is 2.23. The Hall–Kier alpha value is -3.94. The summed E-state index contributed by atoms with van der Waals surface area (Å²) in [4.78, 5) is 26.2. The lowest BCUT2D eigenvalue weighted by Crippen LogP contribution is -2.23. The predicted molar refractivity (Wildman–Crippen MR) is 117 cm³/mol. The number of nitrogens with one attached hydrogen (secondary N) is 1. The van der Waals surface area contributed by atoms with E-state index in [1.54, 1.807) is 49.3 Å². The maximum Gasteiger partial charge on any atom is 0.295 e. The number of amides is 1. The van der Waals surface area contributed by atoms with Crippen LogP contribution in [0.4, 0.5) is 10.1 Å². The van der Waals surface area contributed by atoms with Crippen molar-refractivity contribution in [2.24, 2.45) is 7.05 Å². The van der Waals surface area contributed by atoms with E-state index in [1.165, 1.54) is 16.8 Å². The third-order valence-electron chi connectivity index (χ3n) is 5.38. The molecule has 0 saturated heterocycles. The van der Waals surface area contributed by atoms with Gasteiger partial charge in [-0.2, -0.15) is 5.10 Å². The summed E-state index contributed by atoms with van der Waals surface area (Å²) in [6, 6.07) is 15.1. The maximum absolute atomic E-state index is 13.3. The number of anilines is 1. The third-order valence-corrected chi connectivity index (χ3v) is 5.38. The van der Waals surface area contributed by atoms with Crippen molar-refractivity contribution >= 4 is 11.6 Å². The minimum Gasteiger partial charge on any atom is -0.316 e. The smallest absolute Gasteiger partial charge is 0.295 e. The number of carbonyl (C=O) groups is 1. The van der Waals surface area contributed by atoms with Crippen LogP contribution in [0.3, 0.4) is 0 Å². The van der Waals surface area contributed by atoms with Gasteiger partial charge in [-0.15, -0.1) is 0 Å². The fraction of sp³-hybridized carbons (Fsp3) is 0.174. The lowest BCUT2D eigenvalue weighted by molar-refractivity contribution is 0.102. The summed E-state index contributed by atoms with van der Waals surface area (Å²) in [5, 5.41) is 7.21. The number of nitrogens with zero attached hydrogens (tertiary/aromatic N) is 4. The first-order chi connectivity index (χ1) is 14.8. The number of carbonyl (C=O) groups excluding carboxylic acids is 1. The van der Waals surface area contributed by atoms with E-state index in [9.17, 15) is 14.0 Å². The van der Waals surface area contributed by atoms with Crippen molar-refractivity contribution in [3.8, 4) is 11.4 Å². The summed E-state index contributed by atoms with van der Waals surface area (Å²) < 4.78 is 18.1. The SMILES string of the molecule is Cc1nn(-c2ccc(F)cc2)c(C)c1C(=O)Nc1c(C)n(C)n(-c2ccccc2)c1=O. The van der Waals surface area contributed by atoms with Crippen LogP contribution in [0.2, 0.25) is 0 Å². The molecule has 0 bridgehead atoms. The van der Waals surface area contributed by atoms with Crippen LogP contribution in [-0.2, 0) is 7.05 Å². The molecular formula is C23H22FN5O2. The topological polar surface area (TPSA) is 73.8 Å². The quantitative estimate of drug-likeness (QED) is 0.548. The van der Waals surface area contributed by atoms with E-state index in [0.29, 0.717) is 34.0 Å². The molecule has 0 fully saturated rings. The van der Waals surface area contributed by atoms with E-state index < -0.39 is 5.91 Å². The maximum atomic E-state index is 13.3. The lowest BCUT2D eigenvalue weighted by Gasteiger charge is -2.07. The summed E-state index contributed by atoms with van der Waals surface area (Å²) in [7, 11) is 1.77. The molecule has 4 rings (SSSR count). The highest BCUT2D eigenvalue weighted by molar-refractivity contribution is 6.06.